The fraction of sp³-hybridized carbons (Fsp3) is 0.600. The molecule has 0 radical (unpaired) electrons. The van der Waals surface area contributed by atoms with Gasteiger partial charge < -0.3 is 10.2 Å². The van der Waals surface area contributed by atoms with Crippen molar-refractivity contribution in [3.8, 4) is 0 Å². The van der Waals surface area contributed by atoms with Crippen molar-refractivity contribution in [1.82, 2.24) is 15.2 Å². The lowest BCUT2D eigenvalue weighted by molar-refractivity contribution is -0.135. The van der Waals surface area contributed by atoms with Crippen LogP contribution in [0.25, 0.3) is 0 Å². The van der Waals surface area contributed by atoms with Gasteiger partial charge in [0.25, 0.3) is 0 Å². The van der Waals surface area contributed by atoms with Crippen molar-refractivity contribution in [2.24, 2.45) is 0 Å². The summed E-state index contributed by atoms with van der Waals surface area (Å²) >= 11 is 0. The van der Waals surface area contributed by atoms with E-state index < -0.39 is 0 Å². The Kier molecular flexibility index (Phi) is 5.33. The highest BCUT2D eigenvalue weighted by molar-refractivity contribution is 5.82. The molecule has 1 amide bonds. The average Bonchev–Trinajstić information content (AvgIpc) is 2.46. The van der Waals surface area contributed by atoms with Gasteiger partial charge in [0.2, 0.25) is 5.91 Å². The Hall–Kier alpha value is -1.42. The van der Waals surface area contributed by atoms with Gasteiger partial charge in [0.05, 0.1) is 6.04 Å². The molecule has 4 nitrogen and oxygen atoms in total. The SMILES string of the molecule is CCCNC1CCCN(CCc2cccnc2)C1=O. The zero-order chi connectivity index (χ0) is 13.5. The Morgan fingerprint density at radius 2 is 2.42 bits per heavy atom. The lowest BCUT2D eigenvalue weighted by Crippen LogP contribution is -2.51. The van der Waals surface area contributed by atoms with Gasteiger partial charge in [0.15, 0.2) is 0 Å². The molecule has 0 aliphatic carbocycles. The first-order valence-electron chi connectivity index (χ1n) is 7.22. The van der Waals surface area contributed by atoms with Crippen LogP contribution in [0, 0.1) is 0 Å². The highest BCUT2D eigenvalue weighted by Gasteiger charge is 2.27. The number of amides is 1. The van der Waals surface area contributed by atoms with Gasteiger partial charge in [-0.25, -0.2) is 0 Å². The quantitative estimate of drug-likeness (QED) is 0.846. The summed E-state index contributed by atoms with van der Waals surface area (Å²) in [5, 5.41) is 3.35. The van der Waals surface area contributed by atoms with Crippen LogP contribution in [0.2, 0.25) is 0 Å². The summed E-state index contributed by atoms with van der Waals surface area (Å²) in [6.45, 7) is 4.74. The second-order valence-electron chi connectivity index (χ2n) is 5.09. The van der Waals surface area contributed by atoms with Crippen LogP contribution in [0.5, 0.6) is 0 Å². The molecule has 1 saturated heterocycles. The highest BCUT2D eigenvalue weighted by Crippen LogP contribution is 2.12. The molecule has 1 unspecified atom stereocenters. The monoisotopic (exact) mass is 261 g/mol. The highest BCUT2D eigenvalue weighted by atomic mass is 16.2. The zero-order valence-corrected chi connectivity index (χ0v) is 11.6. The average molecular weight is 261 g/mol. The number of piperidine rings is 1. The van der Waals surface area contributed by atoms with E-state index in [2.05, 4.69) is 23.3 Å². The molecule has 19 heavy (non-hydrogen) atoms. The molecule has 4 heteroatoms. The Labute approximate surface area is 115 Å². The number of nitrogens with zero attached hydrogens (tertiary/aromatic N) is 2. The number of hydrogen-bond acceptors (Lipinski definition) is 3. The maximum Gasteiger partial charge on any atom is 0.239 e. The molecule has 104 valence electrons. The number of nitrogens with one attached hydrogen (secondary N) is 1. The summed E-state index contributed by atoms with van der Waals surface area (Å²) in [4.78, 5) is 18.4. The Bertz CT molecular complexity index is 394. The van der Waals surface area contributed by atoms with E-state index in [0.29, 0.717) is 0 Å². The van der Waals surface area contributed by atoms with E-state index >= 15 is 0 Å². The van der Waals surface area contributed by atoms with Crippen LogP contribution >= 0.6 is 0 Å². The predicted octanol–water partition coefficient (Wildman–Crippen LogP) is 1.61. The third kappa shape index (κ3) is 4.03. The summed E-state index contributed by atoms with van der Waals surface area (Å²) in [7, 11) is 0. The normalized spacial score (nSPS) is 19.7. The molecular weight excluding hydrogens is 238 g/mol. The molecule has 2 heterocycles. The van der Waals surface area contributed by atoms with Crippen molar-refractivity contribution in [3.63, 3.8) is 0 Å². The van der Waals surface area contributed by atoms with Crippen LogP contribution in [0.1, 0.15) is 31.7 Å². The molecule has 1 atom stereocenters. The van der Waals surface area contributed by atoms with Gasteiger partial charge in [-0.3, -0.25) is 9.78 Å². The van der Waals surface area contributed by atoms with Gasteiger partial charge in [-0.05, 0) is 43.9 Å². The van der Waals surface area contributed by atoms with Crippen LogP contribution in [0.4, 0.5) is 0 Å². The topological polar surface area (TPSA) is 45.2 Å². The molecule has 0 aromatic carbocycles. The Morgan fingerprint density at radius 3 is 3.16 bits per heavy atom. The van der Waals surface area contributed by atoms with Crippen LogP contribution in [-0.2, 0) is 11.2 Å². The zero-order valence-electron chi connectivity index (χ0n) is 11.6. The Balaban J connectivity index is 1.84. The number of carbonyl (C=O) groups excluding carboxylic acids is 1. The van der Waals surface area contributed by atoms with Gasteiger partial charge in [-0.15, -0.1) is 0 Å². The van der Waals surface area contributed by atoms with Crippen LogP contribution in [0.15, 0.2) is 24.5 Å². The number of rotatable bonds is 6. The van der Waals surface area contributed by atoms with Gasteiger partial charge in [0, 0.05) is 25.5 Å². The van der Waals surface area contributed by atoms with Crippen molar-refractivity contribution < 1.29 is 4.79 Å². The fourth-order valence-corrected chi connectivity index (χ4v) is 2.48. The van der Waals surface area contributed by atoms with Crippen molar-refractivity contribution in [2.75, 3.05) is 19.6 Å². The lowest BCUT2D eigenvalue weighted by Gasteiger charge is -2.32. The second kappa shape index (κ2) is 7.24. The smallest absolute Gasteiger partial charge is 0.239 e. The van der Waals surface area contributed by atoms with E-state index in [1.165, 1.54) is 5.56 Å². The molecule has 0 bridgehead atoms. The molecule has 1 aromatic rings. The van der Waals surface area contributed by atoms with E-state index in [4.69, 9.17) is 0 Å². The number of carbonyl (C=O) groups is 1. The molecule has 1 aliphatic heterocycles. The standard InChI is InChI=1S/C15H23N3O/c1-2-8-17-14-6-4-10-18(15(14)19)11-7-13-5-3-9-16-12-13/h3,5,9,12,14,17H,2,4,6-8,10-11H2,1H3. The predicted molar refractivity (Wildman–Crippen MR) is 75.8 cm³/mol. The Morgan fingerprint density at radius 1 is 1.53 bits per heavy atom. The van der Waals surface area contributed by atoms with Gasteiger partial charge >= 0.3 is 0 Å². The summed E-state index contributed by atoms with van der Waals surface area (Å²) in [6, 6.07) is 4.04. The van der Waals surface area contributed by atoms with Gasteiger partial charge in [-0.1, -0.05) is 13.0 Å². The van der Waals surface area contributed by atoms with Crippen molar-refractivity contribution in [3.05, 3.63) is 30.1 Å². The minimum atomic E-state index is 0.0302. The summed E-state index contributed by atoms with van der Waals surface area (Å²) < 4.78 is 0. The third-order valence-electron chi connectivity index (χ3n) is 3.56. The fourth-order valence-electron chi connectivity index (χ4n) is 2.48. The number of aromatic nitrogens is 1. The van der Waals surface area contributed by atoms with Crippen molar-refractivity contribution in [2.45, 2.75) is 38.6 Å². The van der Waals surface area contributed by atoms with E-state index in [0.717, 1.165) is 45.3 Å². The minimum Gasteiger partial charge on any atom is -0.341 e. The number of pyridine rings is 1. The van der Waals surface area contributed by atoms with Crippen LogP contribution in [0.3, 0.4) is 0 Å². The summed E-state index contributed by atoms with van der Waals surface area (Å²) in [5.74, 6) is 0.267. The van der Waals surface area contributed by atoms with E-state index in [1.54, 1.807) is 6.20 Å². The molecule has 1 aromatic heterocycles. The first-order valence-corrected chi connectivity index (χ1v) is 7.22. The molecule has 1 aliphatic rings. The lowest BCUT2D eigenvalue weighted by atomic mass is 10.0. The maximum atomic E-state index is 12.3. The van der Waals surface area contributed by atoms with E-state index in [1.807, 2.05) is 17.2 Å². The minimum absolute atomic E-state index is 0.0302. The molecule has 0 spiro atoms. The number of likely N-dealkylation sites (tertiary alicyclic amines) is 1. The largest absolute Gasteiger partial charge is 0.341 e. The molecule has 0 saturated carbocycles. The molecule has 2 rings (SSSR count). The first kappa shape index (κ1) is 14.0. The van der Waals surface area contributed by atoms with Crippen LogP contribution in [-0.4, -0.2) is 41.5 Å². The second-order valence-corrected chi connectivity index (χ2v) is 5.09. The molecular formula is C15H23N3O. The van der Waals surface area contributed by atoms with Crippen molar-refractivity contribution >= 4 is 5.91 Å². The van der Waals surface area contributed by atoms with E-state index in [9.17, 15) is 4.79 Å². The number of hydrogen-bond donors (Lipinski definition) is 1. The van der Waals surface area contributed by atoms with E-state index in [-0.39, 0.29) is 11.9 Å². The summed E-state index contributed by atoms with van der Waals surface area (Å²) in [5.41, 5.74) is 1.19. The van der Waals surface area contributed by atoms with Gasteiger partial charge in [-0.2, -0.15) is 0 Å². The van der Waals surface area contributed by atoms with Gasteiger partial charge in [0.1, 0.15) is 0 Å². The van der Waals surface area contributed by atoms with Crippen LogP contribution < -0.4 is 5.32 Å². The molecule has 1 fully saturated rings. The molecule has 1 N–H and O–H groups in total. The third-order valence-corrected chi connectivity index (χ3v) is 3.56. The first-order chi connectivity index (χ1) is 9.31. The maximum absolute atomic E-state index is 12.3. The van der Waals surface area contributed by atoms with Crippen molar-refractivity contribution in [1.29, 1.82) is 0 Å². The summed E-state index contributed by atoms with van der Waals surface area (Å²) in [6.07, 6.45) is 7.68.